The van der Waals surface area contributed by atoms with Gasteiger partial charge in [0.2, 0.25) is 0 Å². The predicted octanol–water partition coefficient (Wildman–Crippen LogP) is 4.70. The Balaban J connectivity index is 1.62. The van der Waals surface area contributed by atoms with Gasteiger partial charge in [-0.25, -0.2) is 0 Å². The number of hydrogen-bond donors (Lipinski definition) is 1. The summed E-state index contributed by atoms with van der Waals surface area (Å²) in [7, 11) is 1.67. The zero-order chi connectivity index (χ0) is 17.2. The molecule has 3 rings (SSSR count). The first-order chi connectivity index (χ1) is 11.5. The molecule has 1 N–H and O–H groups in total. The molecule has 128 valence electrons. The smallest absolute Gasteiger partial charge is 0.133 e. The maximum absolute atomic E-state index is 11.0. The summed E-state index contributed by atoms with van der Waals surface area (Å²) >= 11 is 6.99. The van der Waals surface area contributed by atoms with Crippen molar-refractivity contribution in [1.29, 1.82) is 0 Å². The lowest BCUT2D eigenvalue weighted by Gasteiger charge is -2.38. The third-order valence-electron chi connectivity index (χ3n) is 4.69. The monoisotopic (exact) mass is 453 g/mol. The Hall–Kier alpha value is -0.880. The number of piperidine rings is 1. The largest absolute Gasteiger partial charge is 0.496 e. The number of benzene rings is 2. The molecule has 0 bridgehead atoms. The highest BCUT2D eigenvalue weighted by atomic mass is 79.9. The minimum absolute atomic E-state index is 0.711. The minimum Gasteiger partial charge on any atom is -0.496 e. The van der Waals surface area contributed by atoms with Crippen LogP contribution in [0.3, 0.4) is 0 Å². The predicted molar refractivity (Wildman–Crippen MR) is 103 cm³/mol. The van der Waals surface area contributed by atoms with Gasteiger partial charge in [0.1, 0.15) is 5.75 Å². The van der Waals surface area contributed by atoms with Crippen LogP contribution >= 0.6 is 31.9 Å². The number of rotatable bonds is 4. The van der Waals surface area contributed by atoms with Gasteiger partial charge >= 0.3 is 0 Å². The van der Waals surface area contributed by atoms with Gasteiger partial charge in [-0.3, -0.25) is 4.90 Å². The number of methoxy groups -OCH3 is 1. The van der Waals surface area contributed by atoms with Gasteiger partial charge in [0, 0.05) is 24.1 Å². The molecule has 0 spiro atoms. The molecular weight excluding hydrogens is 434 g/mol. The van der Waals surface area contributed by atoms with E-state index in [1.54, 1.807) is 7.11 Å². The van der Waals surface area contributed by atoms with Gasteiger partial charge in [-0.1, -0.05) is 34.1 Å². The van der Waals surface area contributed by atoms with Crippen molar-refractivity contribution in [2.24, 2.45) is 0 Å². The molecule has 2 aromatic carbocycles. The average Bonchev–Trinajstić information content (AvgIpc) is 2.58. The standard InChI is InChI=1S/C19H21Br2NO2/c1-24-18-7-2-14(12-17(18)21)13-22-10-8-19(23,9-11-22)15-3-5-16(20)6-4-15/h2-7,12,23H,8-11,13H2,1H3. The maximum Gasteiger partial charge on any atom is 0.133 e. The van der Waals surface area contributed by atoms with Crippen molar-refractivity contribution in [3.8, 4) is 5.75 Å². The van der Waals surface area contributed by atoms with Crippen molar-refractivity contribution in [2.75, 3.05) is 20.2 Å². The Bertz CT molecular complexity index is 695. The number of likely N-dealkylation sites (tertiary alicyclic amines) is 1. The van der Waals surface area contributed by atoms with Crippen LogP contribution in [0.2, 0.25) is 0 Å². The second-order valence-electron chi connectivity index (χ2n) is 6.28. The number of nitrogens with zero attached hydrogens (tertiary/aromatic N) is 1. The van der Waals surface area contributed by atoms with Gasteiger partial charge < -0.3 is 9.84 Å². The van der Waals surface area contributed by atoms with Crippen molar-refractivity contribution in [3.05, 3.63) is 62.5 Å². The van der Waals surface area contributed by atoms with Crippen LogP contribution in [0.1, 0.15) is 24.0 Å². The molecule has 24 heavy (non-hydrogen) atoms. The number of halogens is 2. The van der Waals surface area contributed by atoms with E-state index in [1.807, 2.05) is 30.3 Å². The van der Waals surface area contributed by atoms with Gasteiger partial charge in [0.05, 0.1) is 17.2 Å². The van der Waals surface area contributed by atoms with Crippen LogP contribution in [0.25, 0.3) is 0 Å². The molecule has 5 heteroatoms. The molecule has 3 nitrogen and oxygen atoms in total. The normalized spacial score (nSPS) is 17.7. The molecule has 1 fully saturated rings. The van der Waals surface area contributed by atoms with Crippen LogP contribution in [-0.4, -0.2) is 30.2 Å². The molecule has 0 radical (unpaired) electrons. The van der Waals surface area contributed by atoms with Crippen LogP contribution < -0.4 is 4.74 Å². The van der Waals surface area contributed by atoms with Gasteiger partial charge in [-0.2, -0.15) is 0 Å². The minimum atomic E-state index is -0.711. The van der Waals surface area contributed by atoms with Crippen LogP contribution in [0, 0.1) is 0 Å². The summed E-state index contributed by atoms with van der Waals surface area (Å²) in [4.78, 5) is 2.39. The first kappa shape index (κ1) is 17.9. The molecule has 1 saturated heterocycles. The number of ether oxygens (including phenoxy) is 1. The van der Waals surface area contributed by atoms with E-state index in [-0.39, 0.29) is 0 Å². The fourth-order valence-corrected chi connectivity index (χ4v) is 4.05. The first-order valence-corrected chi connectivity index (χ1v) is 9.62. The van der Waals surface area contributed by atoms with Crippen molar-refractivity contribution < 1.29 is 9.84 Å². The number of aliphatic hydroxyl groups is 1. The SMILES string of the molecule is COc1ccc(CN2CCC(O)(c3ccc(Br)cc3)CC2)cc1Br. The highest BCUT2D eigenvalue weighted by molar-refractivity contribution is 9.10. The van der Waals surface area contributed by atoms with E-state index < -0.39 is 5.60 Å². The Labute approximate surface area is 159 Å². The lowest BCUT2D eigenvalue weighted by molar-refractivity contribution is -0.0277. The van der Waals surface area contributed by atoms with Crippen molar-refractivity contribution >= 4 is 31.9 Å². The molecule has 0 unspecified atom stereocenters. The third-order valence-corrected chi connectivity index (χ3v) is 5.84. The lowest BCUT2D eigenvalue weighted by Crippen LogP contribution is -2.42. The zero-order valence-corrected chi connectivity index (χ0v) is 16.8. The van der Waals surface area contributed by atoms with Crippen molar-refractivity contribution in [2.45, 2.75) is 25.0 Å². The van der Waals surface area contributed by atoms with Crippen LogP contribution in [-0.2, 0) is 12.1 Å². The fourth-order valence-electron chi connectivity index (χ4n) is 3.20. The molecule has 0 aliphatic carbocycles. The molecule has 2 aromatic rings. The van der Waals surface area contributed by atoms with E-state index in [9.17, 15) is 5.11 Å². The van der Waals surface area contributed by atoms with Gasteiger partial charge in [0.25, 0.3) is 0 Å². The van der Waals surface area contributed by atoms with Crippen LogP contribution in [0.15, 0.2) is 51.4 Å². The second kappa shape index (κ2) is 7.56. The molecular formula is C19H21Br2NO2. The van der Waals surface area contributed by atoms with E-state index >= 15 is 0 Å². The molecule has 0 atom stereocenters. The Kier molecular flexibility index (Phi) is 5.65. The second-order valence-corrected chi connectivity index (χ2v) is 8.05. The Morgan fingerprint density at radius 3 is 2.33 bits per heavy atom. The van der Waals surface area contributed by atoms with E-state index in [0.29, 0.717) is 0 Å². The Morgan fingerprint density at radius 2 is 1.75 bits per heavy atom. The lowest BCUT2D eigenvalue weighted by atomic mass is 9.84. The van der Waals surface area contributed by atoms with Gasteiger partial charge in [0.15, 0.2) is 0 Å². The topological polar surface area (TPSA) is 32.7 Å². The van der Waals surface area contributed by atoms with Gasteiger partial charge in [-0.05, 0) is 64.2 Å². The molecule has 0 saturated carbocycles. The quantitative estimate of drug-likeness (QED) is 0.726. The molecule has 0 aromatic heterocycles. The Morgan fingerprint density at radius 1 is 1.08 bits per heavy atom. The van der Waals surface area contributed by atoms with E-state index in [0.717, 1.165) is 52.7 Å². The summed E-state index contributed by atoms with van der Waals surface area (Å²) in [6, 6.07) is 14.2. The van der Waals surface area contributed by atoms with Crippen LogP contribution in [0.5, 0.6) is 5.75 Å². The summed E-state index contributed by atoms with van der Waals surface area (Å²) in [5.41, 5.74) is 1.55. The summed E-state index contributed by atoms with van der Waals surface area (Å²) in [5.74, 6) is 0.849. The molecule has 1 heterocycles. The first-order valence-electron chi connectivity index (χ1n) is 8.03. The van der Waals surface area contributed by atoms with Gasteiger partial charge in [-0.15, -0.1) is 0 Å². The van der Waals surface area contributed by atoms with E-state index in [1.165, 1.54) is 5.56 Å². The maximum atomic E-state index is 11.0. The summed E-state index contributed by atoms with van der Waals surface area (Å²) in [6.45, 7) is 2.66. The molecule has 0 amide bonds. The van der Waals surface area contributed by atoms with E-state index in [4.69, 9.17) is 4.74 Å². The summed E-state index contributed by atoms with van der Waals surface area (Å²) in [5, 5.41) is 11.0. The van der Waals surface area contributed by atoms with Crippen LogP contribution in [0.4, 0.5) is 0 Å². The van der Waals surface area contributed by atoms with Crippen molar-refractivity contribution in [1.82, 2.24) is 4.90 Å². The van der Waals surface area contributed by atoms with E-state index in [2.05, 4.69) is 48.9 Å². The third kappa shape index (κ3) is 4.02. The summed E-state index contributed by atoms with van der Waals surface area (Å²) in [6.07, 6.45) is 1.51. The number of hydrogen-bond acceptors (Lipinski definition) is 3. The molecule has 1 aliphatic rings. The summed E-state index contributed by atoms with van der Waals surface area (Å²) < 4.78 is 7.29. The molecule has 1 aliphatic heterocycles. The zero-order valence-electron chi connectivity index (χ0n) is 13.6. The highest BCUT2D eigenvalue weighted by Gasteiger charge is 2.33. The van der Waals surface area contributed by atoms with Crippen molar-refractivity contribution in [3.63, 3.8) is 0 Å². The fraction of sp³-hybridized carbons (Fsp3) is 0.368. The average molecular weight is 455 g/mol. The highest BCUT2D eigenvalue weighted by Crippen LogP contribution is 2.34.